The molecule has 1 fully saturated rings. The van der Waals surface area contributed by atoms with E-state index in [1.54, 1.807) is 29.4 Å². The van der Waals surface area contributed by atoms with Crippen molar-refractivity contribution in [1.82, 2.24) is 20.2 Å². The average Bonchev–Trinajstić information content (AvgIpc) is 3.01. The van der Waals surface area contributed by atoms with Crippen molar-refractivity contribution in [1.29, 1.82) is 0 Å². The van der Waals surface area contributed by atoms with Crippen LogP contribution >= 0.6 is 0 Å². The van der Waals surface area contributed by atoms with Crippen LogP contribution in [0, 0.1) is 11.7 Å². The summed E-state index contributed by atoms with van der Waals surface area (Å²) in [6, 6.07) is 5.69. The number of rotatable bonds is 5. The Morgan fingerprint density at radius 2 is 2.30 bits per heavy atom. The zero-order valence-electron chi connectivity index (χ0n) is 13.5. The highest BCUT2D eigenvalue weighted by atomic mass is 19.1. The minimum atomic E-state index is -0.274. The summed E-state index contributed by atoms with van der Waals surface area (Å²) in [6.45, 7) is 5.50. The first kappa shape index (κ1) is 15.5. The van der Waals surface area contributed by atoms with Gasteiger partial charge in [0.15, 0.2) is 5.96 Å². The molecular formula is C17H22FN5. The molecule has 2 atom stereocenters. The summed E-state index contributed by atoms with van der Waals surface area (Å²) in [5, 5.41) is 6.62. The summed E-state index contributed by atoms with van der Waals surface area (Å²) in [4.78, 5) is 8.48. The van der Waals surface area contributed by atoms with Crippen LogP contribution in [0.25, 0.3) is 5.69 Å². The molecule has 2 N–H and O–H groups in total. The molecule has 1 aromatic heterocycles. The first-order valence-corrected chi connectivity index (χ1v) is 7.99. The zero-order chi connectivity index (χ0) is 16.2. The van der Waals surface area contributed by atoms with Crippen LogP contribution in [0.4, 0.5) is 4.39 Å². The minimum absolute atomic E-state index is 0.274. The van der Waals surface area contributed by atoms with E-state index < -0.39 is 0 Å². The quantitative estimate of drug-likeness (QED) is 0.658. The van der Waals surface area contributed by atoms with Gasteiger partial charge in [-0.15, -0.1) is 0 Å². The van der Waals surface area contributed by atoms with Crippen LogP contribution < -0.4 is 10.6 Å². The summed E-state index contributed by atoms with van der Waals surface area (Å²) in [5.74, 6) is 1.22. The number of benzene rings is 1. The molecule has 1 aliphatic carbocycles. The van der Waals surface area contributed by atoms with E-state index in [4.69, 9.17) is 0 Å². The third-order valence-corrected chi connectivity index (χ3v) is 3.99. The second-order valence-electron chi connectivity index (χ2n) is 5.91. The standard InChI is InChI=1S/C17H22FN5/c1-3-20-17(22-15-8-12(15)2)21-10-13-4-5-16(14(18)9-13)23-7-6-19-11-23/h4-7,9,11-12,15H,3,8,10H2,1-2H3,(H2,20,21,22). The topological polar surface area (TPSA) is 54.2 Å². The van der Waals surface area contributed by atoms with Gasteiger partial charge in [0.05, 0.1) is 18.6 Å². The third kappa shape index (κ3) is 3.88. The minimum Gasteiger partial charge on any atom is -0.357 e. The average molecular weight is 315 g/mol. The van der Waals surface area contributed by atoms with Gasteiger partial charge in [0.2, 0.25) is 0 Å². The second kappa shape index (κ2) is 6.81. The number of halogens is 1. The molecule has 1 heterocycles. The van der Waals surface area contributed by atoms with Gasteiger partial charge >= 0.3 is 0 Å². The number of aromatic nitrogens is 2. The number of hydrogen-bond donors (Lipinski definition) is 2. The van der Waals surface area contributed by atoms with E-state index in [1.165, 1.54) is 12.5 Å². The van der Waals surface area contributed by atoms with Crippen LogP contribution in [0.5, 0.6) is 0 Å². The molecule has 0 aliphatic heterocycles. The number of guanidine groups is 1. The molecule has 1 saturated carbocycles. The van der Waals surface area contributed by atoms with E-state index in [1.807, 2.05) is 13.0 Å². The molecule has 0 bridgehead atoms. The Hall–Kier alpha value is -2.37. The first-order valence-electron chi connectivity index (χ1n) is 7.99. The molecule has 5 nitrogen and oxygen atoms in total. The molecule has 2 aromatic rings. The number of imidazole rings is 1. The predicted octanol–water partition coefficient (Wildman–Crippen LogP) is 2.47. The lowest BCUT2D eigenvalue weighted by Crippen LogP contribution is -2.39. The number of hydrogen-bond acceptors (Lipinski definition) is 2. The van der Waals surface area contributed by atoms with Gasteiger partial charge in [-0.1, -0.05) is 13.0 Å². The van der Waals surface area contributed by atoms with Gasteiger partial charge in [-0.25, -0.2) is 14.4 Å². The second-order valence-corrected chi connectivity index (χ2v) is 5.91. The summed E-state index contributed by atoms with van der Waals surface area (Å²) in [7, 11) is 0. The molecule has 6 heteroatoms. The lowest BCUT2D eigenvalue weighted by molar-refractivity contribution is 0.615. The molecule has 1 aromatic carbocycles. The summed E-state index contributed by atoms with van der Waals surface area (Å²) < 4.78 is 15.9. The predicted molar refractivity (Wildman–Crippen MR) is 89.0 cm³/mol. The van der Waals surface area contributed by atoms with Gasteiger partial charge in [0.25, 0.3) is 0 Å². The molecule has 0 radical (unpaired) electrons. The van der Waals surface area contributed by atoms with Crippen LogP contribution in [-0.4, -0.2) is 28.1 Å². The zero-order valence-corrected chi connectivity index (χ0v) is 13.5. The van der Waals surface area contributed by atoms with Gasteiger partial charge in [-0.05, 0) is 37.0 Å². The van der Waals surface area contributed by atoms with Crippen molar-refractivity contribution in [3.63, 3.8) is 0 Å². The van der Waals surface area contributed by atoms with Crippen LogP contribution in [0.3, 0.4) is 0 Å². The van der Waals surface area contributed by atoms with E-state index in [-0.39, 0.29) is 5.82 Å². The van der Waals surface area contributed by atoms with Crippen LogP contribution in [0.1, 0.15) is 25.8 Å². The number of nitrogens with one attached hydrogen (secondary N) is 2. The van der Waals surface area contributed by atoms with Crippen LogP contribution in [-0.2, 0) is 6.54 Å². The molecule has 3 rings (SSSR count). The van der Waals surface area contributed by atoms with Crippen molar-refractivity contribution in [3.8, 4) is 5.69 Å². The maximum absolute atomic E-state index is 14.2. The lowest BCUT2D eigenvalue weighted by atomic mass is 10.2. The van der Waals surface area contributed by atoms with Gasteiger partial charge in [0, 0.05) is 25.0 Å². The highest BCUT2D eigenvalue weighted by Crippen LogP contribution is 2.28. The molecule has 0 amide bonds. The van der Waals surface area contributed by atoms with E-state index in [0.29, 0.717) is 24.2 Å². The summed E-state index contributed by atoms with van der Waals surface area (Å²) >= 11 is 0. The van der Waals surface area contributed by atoms with Crippen LogP contribution in [0.2, 0.25) is 0 Å². The van der Waals surface area contributed by atoms with Crippen LogP contribution in [0.15, 0.2) is 41.9 Å². The SMILES string of the molecule is CCNC(=NCc1ccc(-n2ccnc2)c(F)c1)NC1CC1C. The van der Waals surface area contributed by atoms with Gasteiger partial charge in [-0.3, -0.25) is 0 Å². The maximum atomic E-state index is 14.2. The summed E-state index contributed by atoms with van der Waals surface area (Å²) in [5.41, 5.74) is 1.33. The van der Waals surface area contributed by atoms with Crippen molar-refractivity contribution < 1.29 is 4.39 Å². The Bertz CT molecular complexity index is 680. The van der Waals surface area contributed by atoms with Crippen molar-refractivity contribution >= 4 is 5.96 Å². The molecule has 23 heavy (non-hydrogen) atoms. The van der Waals surface area contributed by atoms with Crippen molar-refractivity contribution in [2.24, 2.45) is 10.9 Å². The van der Waals surface area contributed by atoms with Crippen molar-refractivity contribution in [2.45, 2.75) is 32.9 Å². The molecule has 0 saturated heterocycles. The monoisotopic (exact) mass is 315 g/mol. The Morgan fingerprint density at radius 1 is 1.48 bits per heavy atom. The van der Waals surface area contributed by atoms with E-state index in [2.05, 4.69) is 27.5 Å². The molecular weight excluding hydrogens is 293 g/mol. The highest BCUT2D eigenvalue weighted by Gasteiger charge is 2.33. The van der Waals surface area contributed by atoms with Gasteiger partial charge in [-0.2, -0.15) is 0 Å². The third-order valence-electron chi connectivity index (χ3n) is 3.99. The van der Waals surface area contributed by atoms with Crippen molar-refractivity contribution in [3.05, 3.63) is 48.3 Å². The first-order chi connectivity index (χ1) is 11.2. The molecule has 0 spiro atoms. The fourth-order valence-corrected chi connectivity index (χ4v) is 2.45. The largest absolute Gasteiger partial charge is 0.357 e. The molecule has 2 unspecified atom stereocenters. The summed E-state index contributed by atoms with van der Waals surface area (Å²) in [6.07, 6.45) is 6.12. The Kier molecular flexibility index (Phi) is 4.60. The van der Waals surface area contributed by atoms with Crippen molar-refractivity contribution in [2.75, 3.05) is 6.54 Å². The maximum Gasteiger partial charge on any atom is 0.191 e. The van der Waals surface area contributed by atoms with Gasteiger partial charge < -0.3 is 15.2 Å². The Balaban J connectivity index is 1.69. The van der Waals surface area contributed by atoms with E-state index in [0.717, 1.165) is 18.1 Å². The molecule has 122 valence electrons. The fourth-order valence-electron chi connectivity index (χ4n) is 2.45. The normalized spacial score (nSPS) is 20.4. The highest BCUT2D eigenvalue weighted by molar-refractivity contribution is 5.80. The van der Waals surface area contributed by atoms with Gasteiger partial charge in [0.1, 0.15) is 5.82 Å². The fraction of sp³-hybridized carbons (Fsp3) is 0.412. The smallest absolute Gasteiger partial charge is 0.191 e. The number of nitrogens with zero attached hydrogens (tertiary/aromatic N) is 3. The number of aliphatic imine (C=N–C) groups is 1. The Morgan fingerprint density at radius 3 is 2.91 bits per heavy atom. The van der Waals surface area contributed by atoms with E-state index >= 15 is 0 Å². The Labute approximate surface area is 135 Å². The van der Waals surface area contributed by atoms with E-state index in [9.17, 15) is 4.39 Å². The lowest BCUT2D eigenvalue weighted by Gasteiger charge is -2.11. The molecule has 1 aliphatic rings.